The molecule has 2 aromatic heterocycles. The van der Waals surface area contributed by atoms with Gasteiger partial charge in [0.2, 0.25) is 0 Å². The van der Waals surface area contributed by atoms with Gasteiger partial charge in [0.05, 0.1) is 11.4 Å². The van der Waals surface area contributed by atoms with Gasteiger partial charge in [-0.2, -0.15) is 18.3 Å². The molecule has 1 unspecified atom stereocenters. The highest BCUT2D eigenvalue weighted by Gasteiger charge is 2.41. The molecule has 3 aliphatic rings. The number of benzene rings is 2. The van der Waals surface area contributed by atoms with Crippen LogP contribution in [0.15, 0.2) is 60.9 Å². The van der Waals surface area contributed by atoms with E-state index in [0.29, 0.717) is 11.9 Å². The van der Waals surface area contributed by atoms with Crippen LogP contribution in [0.2, 0.25) is 0 Å². The van der Waals surface area contributed by atoms with Crippen LogP contribution in [0.25, 0.3) is 22.3 Å². The summed E-state index contributed by atoms with van der Waals surface area (Å²) in [7, 11) is 0. The molecule has 4 aromatic rings. The first-order valence-corrected chi connectivity index (χ1v) is 14.7. The summed E-state index contributed by atoms with van der Waals surface area (Å²) in [6.07, 6.45) is 1.33. The average molecular weight is 610 g/mol. The number of halogens is 3. The van der Waals surface area contributed by atoms with E-state index >= 15 is 0 Å². The lowest BCUT2D eigenvalue weighted by Crippen LogP contribution is -2.41. The van der Waals surface area contributed by atoms with Crippen LogP contribution < -0.4 is 15.8 Å². The van der Waals surface area contributed by atoms with Crippen LogP contribution in [-0.2, 0) is 4.79 Å². The molecule has 3 atom stereocenters. The first-order valence-electron chi connectivity index (χ1n) is 14.7. The summed E-state index contributed by atoms with van der Waals surface area (Å²) in [5, 5.41) is 16.6. The number of nitrogen functional groups attached to an aromatic ring is 1. The molecule has 2 aliphatic heterocycles. The van der Waals surface area contributed by atoms with Crippen LogP contribution in [0.4, 0.5) is 19.0 Å². The number of nitrogens with two attached hydrogens (primary N) is 1. The van der Waals surface area contributed by atoms with Gasteiger partial charge in [-0.3, -0.25) is 0 Å². The second-order valence-electron chi connectivity index (χ2n) is 11.6. The maximum Gasteiger partial charge on any atom is 0.490 e. The highest BCUT2D eigenvalue weighted by molar-refractivity contribution is 5.98. The third kappa shape index (κ3) is 6.34. The minimum Gasteiger partial charge on any atom is -0.475 e. The Morgan fingerprint density at radius 3 is 2.16 bits per heavy atom. The molecule has 13 heteroatoms. The molecule has 3 fully saturated rings. The van der Waals surface area contributed by atoms with Crippen molar-refractivity contribution in [1.29, 1.82) is 0 Å². The largest absolute Gasteiger partial charge is 0.490 e. The van der Waals surface area contributed by atoms with Gasteiger partial charge in [0, 0.05) is 24.7 Å². The van der Waals surface area contributed by atoms with Crippen LogP contribution in [0.5, 0.6) is 11.5 Å². The Morgan fingerprint density at radius 1 is 0.932 bits per heavy atom. The maximum absolute atomic E-state index is 10.6. The van der Waals surface area contributed by atoms with Gasteiger partial charge < -0.3 is 25.8 Å². The van der Waals surface area contributed by atoms with Crippen LogP contribution in [0, 0.1) is 11.8 Å². The lowest BCUT2D eigenvalue weighted by Gasteiger charge is -2.36. The van der Waals surface area contributed by atoms with E-state index in [4.69, 9.17) is 25.5 Å². The molecule has 4 N–H and O–H groups in total. The summed E-state index contributed by atoms with van der Waals surface area (Å²) in [5.74, 6) is 1.06. The predicted octanol–water partition coefficient (Wildman–Crippen LogP) is 5.14. The molecular weight excluding hydrogens is 575 g/mol. The van der Waals surface area contributed by atoms with Gasteiger partial charge >= 0.3 is 12.1 Å². The number of nitrogens with one attached hydrogen (secondary N) is 1. The Hall–Kier alpha value is -4.23. The van der Waals surface area contributed by atoms with E-state index in [2.05, 4.69) is 24.9 Å². The molecular formula is C31H34F3N7O3. The second kappa shape index (κ2) is 12.4. The minimum absolute atomic E-state index is 0.310. The van der Waals surface area contributed by atoms with E-state index in [9.17, 15) is 13.2 Å². The van der Waals surface area contributed by atoms with Crippen molar-refractivity contribution in [3.63, 3.8) is 0 Å². The monoisotopic (exact) mass is 609 g/mol. The number of nitrogens with zero attached hydrogens (tertiary/aromatic N) is 5. The summed E-state index contributed by atoms with van der Waals surface area (Å²) in [6, 6.07) is 18.9. The number of hydrogen-bond acceptors (Lipinski definition) is 8. The molecule has 232 valence electrons. The standard InChI is InChI=1S/C29H33N7O.C2HF3O2/c30-28-26-27(19-6-8-25(9-7-19)37-24-4-2-1-3-5-24)34-36(29(26)33-18-32-28)22-10-12-35(13-11-22)23-14-20-16-31-17-21(20)15-23;3-2(4,5)1(6)7/h1-9,18,20-23,31H,10-17H2,(H2,30,32,33);(H,6,7)/t20-,21+,23?;. The summed E-state index contributed by atoms with van der Waals surface area (Å²) >= 11 is 0. The lowest BCUT2D eigenvalue weighted by atomic mass is 10.0. The molecule has 44 heavy (non-hydrogen) atoms. The number of alkyl halides is 3. The zero-order chi connectivity index (χ0) is 30.8. The number of carboxylic acid groups (broad SMARTS) is 1. The number of aliphatic carboxylic acids is 1. The van der Waals surface area contributed by atoms with E-state index in [0.717, 1.165) is 77.6 Å². The number of carbonyl (C=O) groups is 1. The highest BCUT2D eigenvalue weighted by atomic mass is 19.4. The zero-order valence-electron chi connectivity index (χ0n) is 24.0. The molecule has 0 amide bonds. The van der Waals surface area contributed by atoms with Crippen molar-refractivity contribution in [2.45, 2.75) is 43.9 Å². The van der Waals surface area contributed by atoms with Crippen molar-refractivity contribution in [3.8, 4) is 22.8 Å². The number of aromatic nitrogens is 4. The summed E-state index contributed by atoms with van der Waals surface area (Å²) in [5.41, 5.74) is 9.01. The number of carboxylic acids is 1. The zero-order valence-corrected chi connectivity index (χ0v) is 24.0. The Bertz CT molecular complexity index is 1580. The third-order valence-corrected chi connectivity index (χ3v) is 8.86. The van der Waals surface area contributed by atoms with E-state index in [1.807, 2.05) is 54.6 Å². The van der Waals surface area contributed by atoms with Crippen LogP contribution in [0.3, 0.4) is 0 Å². The quantitative estimate of drug-likeness (QED) is 0.282. The van der Waals surface area contributed by atoms with Crippen molar-refractivity contribution < 1.29 is 27.8 Å². The first kappa shape index (κ1) is 29.8. The molecule has 0 bridgehead atoms. The topological polar surface area (TPSA) is 131 Å². The molecule has 2 saturated heterocycles. The van der Waals surface area contributed by atoms with Gasteiger partial charge in [0.15, 0.2) is 5.65 Å². The van der Waals surface area contributed by atoms with Crippen molar-refractivity contribution in [2.75, 3.05) is 31.9 Å². The Labute approximate surface area is 252 Å². The molecule has 0 radical (unpaired) electrons. The molecule has 10 nitrogen and oxygen atoms in total. The normalized spacial score (nSPS) is 22.4. The number of likely N-dealkylation sites (tertiary alicyclic amines) is 1. The number of anilines is 1. The number of ether oxygens (including phenoxy) is 1. The highest BCUT2D eigenvalue weighted by Crippen LogP contribution is 2.40. The molecule has 2 aromatic carbocycles. The SMILES string of the molecule is Nc1ncnc2c1c(-c1ccc(Oc3ccccc3)cc1)nn2C1CCN(C2C[C@H]3CNC[C@H]3C2)CC1.O=C(O)C(F)(F)F. The van der Waals surface area contributed by atoms with E-state index in [1.165, 1.54) is 25.9 Å². The number of para-hydroxylation sites is 1. The molecule has 7 rings (SSSR count). The van der Waals surface area contributed by atoms with Crippen LogP contribution in [-0.4, -0.2) is 74.1 Å². The Kier molecular flexibility index (Phi) is 8.41. The van der Waals surface area contributed by atoms with Crippen molar-refractivity contribution >= 4 is 22.8 Å². The number of fused-ring (bicyclic) bond motifs is 2. The van der Waals surface area contributed by atoms with Crippen molar-refractivity contribution in [3.05, 3.63) is 60.9 Å². The number of rotatable bonds is 5. The maximum atomic E-state index is 10.6. The summed E-state index contributed by atoms with van der Waals surface area (Å²) < 4.78 is 39.8. The van der Waals surface area contributed by atoms with E-state index in [1.54, 1.807) is 6.33 Å². The molecule has 1 aliphatic carbocycles. The Balaban J connectivity index is 0.000000441. The van der Waals surface area contributed by atoms with E-state index < -0.39 is 12.1 Å². The fourth-order valence-electron chi connectivity index (χ4n) is 6.69. The van der Waals surface area contributed by atoms with Gasteiger partial charge in [-0.05, 0) is 87.0 Å². The Morgan fingerprint density at radius 2 is 1.55 bits per heavy atom. The minimum atomic E-state index is -5.08. The van der Waals surface area contributed by atoms with Gasteiger partial charge in [-0.25, -0.2) is 19.4 Å². The van der Waals surface area contributed by atoms with Crippen LogP contribution in [0.1, 0.15) is 31.7 Å². The van der Waals surface area contributed by atoms with Gasteiger partial charge in [-0.15, -0.1) is 0 Å². The lowest BCUT2D eigenvalue weighted by molar-refractivity contribution is -0.192. The number of piperidine rings is 1. The predicted molar refractivity (Wildman–Crippen MR) is 158 cm³/mol. The molecule has 0 spiro atoms. The fourth-order valence-corrected chi connectivity index (χ4v) is 6.69. The van der Waals surface area contributed by atoms with Crippen molar-refractivity contribution in [1.82, 2.24) is 30.0 Å². The summed E-state index contributed by atoms with van der Waals surface area (Å²) in [4.78, 5) is 20.6. The first-order chi connectivity index (χ1) is 21.2. The number of hydrogen-bond donors (Lipinski definition) is 3. The van der Waals surface area contributed by atoms with Gasteiger partial charge in [0.1, 0.15) is 29.3 Å². The average Bonchev–Trinajstić information content (AvgIpc) is 3.73. The van der Waals surface area contributed by atoms with E-state index in [-0.39, 0.29) is 0 Å². The summed E-state index contributed by atoms with van der Waals surface area (Å²) in [6.45, 7) is 4.65. The van der Waals surface area contributed by atoms with Gasteiger partial charge in [-0.1, -0.05) is 18.2 Å². The fraction of sp³-hybridized carbons (Fsp3) is 0.419. The molecule has 1 saturated carbocycles. The van der Waals surface area contributed by atoms with Crippen LogP contribution >= 0.6 is 0 Å². The smallest absolute Gasteiger partial charge is 0.475 e. The van der Waals surface area contributed by atoms with Gasteiger partial charge in [0.25, 0.3) is 0 Å². The molecule has 4 heterocycles. The van der Waals surface area contributed by atoms with Crippen molar-refractivity contribution in [2.24, 2.45) is 11.8 Å². The second-order valence-corrected chi connectivity index (χ2v) is 11.6. The third-order valence-electron chi connectivity index (χ3n) is 8.86.